The molecular weight excluding hydrogens is 395 g/mol. The normalized spacial score (nSPS) is 16.9. The van der Waals surface area contributed by atoms with E-state index in [0.717, 1.165) is 11.6 Å². The molecule has 0 saturated heterocycles. The summed E-state index contributed by atoms with van der Waals surface area (Å²) in [6, 6.07) is 14.7. The zero-order valence-electron chi connectivity index (χ0n) is 16.5. The summed E-state index contributed by atoms with van der Waals surface area (Å²) in [4.78, 5) is 24.8. The summed E-state index contributed by atoms with van der Waals surface area (Å²) in [6.07, 6.45) is -3.55. The van der Waals surface area contributed by atoms with E-state index in [1.807, 2.05) is 30.3 Å². The van der Waals surface area contributed by atoms with Gasteiger partial charge in [0.25, 0.3) is 0 Å². The second-order valence-electron chi connectivity index (χ2n) is 7.15. The molecule has 0 spiro atoms. The predicted molar refractivity (Wildman–Crippen MR) is 105 cm³/mol. The third kappa shape index (κ3) is 5.09. The van der Waals surface area contributed by atoms with Crippen LogP contribution in [0.25, 0.3) is 0 Å². The maximum absolute atomic E-state index is 13.5. The quantitative estimate of drug-likeness (QED) is 0.545. The third-order valence-electron chi connectivity index (χ3n) is 5.02. The van der Waals surface area contributed by atoms with Crippen LogP contribution in [0.15, 0.2) is 65.9 Å². The van der Waals surface area contributed by atoms with Crippen LogP contribution in [0.3, 0.4) is 0 Å². The van der Waals surface area contributed by atoms with Crippen molar-refractivity contribution in [1.29, 1.82) is 0 Å². The molecule has 1 N–H and O–H groups in total. The molecular formula is C23H22F3NO3. The minimum absolute atomic E-state index is 0.0611. The molecule has 30 heavy (non-hydrogen) atoms. The lowest BCUT2D eigenvalue weighted by molar-refractivity contribution is -0.141. The van der Waals surface area contributed by atoms with Crippen LogP contribution < -0.4 is 5.32 Å². The third-order valence-corrected chi connectivity index (χ3v) is 5.02. The van der Waals surface area contributed by atoms with Crippen LogP contribution in [0, 0.1) is 0 Å². The van der Waals surface area contributed by atoms with E-state index in [2.05, 4.69) is 5.32 Å². The predicted octanol–water partition coefficient (Wildman–Crippen LogP) is 4.76. The first kappa shape index (κ1) is 21.6. The molecule has 0 aromatic heterocycles. The summed E-state index contributed by atoms with van der Waals surface area (Å²) in [7, 11) is 0. The van der Waals surface area contributed by atoms with Gasteiger partial charge in [-0.15, -0.1) is 0 Å². The van der Waals surface area contributed by atoms with Crippen molar-refractivity contribution in [1.82, 2.24) is 5.32 Å². The van der Waals surface area contributed by atoms with Crippen molar-refractivity contribution in [3.63, 3.8) is 0 Å². The van der Waals surface area contributed by atoms with Gasteiger partial charge in [0.2, 0.25) is 5.91 Å². The number of hydrogen-bond acceptors (Lipinski definition) is 3. The van der Waals surface area contributed by atoms with E-state index in [1.54, 1.807) is 0 Å². The molecule has 3 rings (SSSR count). The van der Waals surface area contributed by atoms with Gasteiger partial charge in [-0.25, -0.2) is 4.79 Å². The monoisotopic (exact) mass is 417 g/mol. The van der Waals surface area contributed by atoms with E-state index in [0.29, 0.717) is 12.8 Å². The largest absolute Gasteiger partial charge is 0.462 e. The Hall–Kier alpha value is -3.09. The number of esters is 1. The highest BCUT2D eigenvalue weighted by atomic mass is 19.4. The van der Waals surface area contributed by atoms with Crippen LogP contribution >= 0.6 is 0 Å². The van der Waals surface area contributed by atoms with Gasteiger partial charge >= 0.3 is 12.1 Å². The first-order valence-corrected chi connectivity index (χ1v) is 9.65. The zero-order chi connectivity index (χ0) is 21.7. The number of allylic oxidation sites excluding steroid dienone is 1. The lowest BCUT2D eigenvalue weighted by atomic mass is 9.82. The average molecular weight is 417 g/mol. The van der Waals surface area contributed by atoms with E-state index >= 15 is 0 Å². The Morgan fingerprint density at radius 2 is 1.77 bits per heavy atom. The fourth-order valence-corrected chi connectivity index (χ4v) is 3.66. The van der Waals surface area contributed by atoms with Gasteiger partial charge in [0, 0.05) is 18.0 Å². The average Bonchev–Trinajstić information content (AvgIpc) is 2.70. The molecule has 1 heterocycles. The van der Waals surface area contributed by atoms with Crippen molar-refractivity contribution in [3.8, 4) is 0 Å². The first-order valence-electron chi connectivity index (χ1n) is 9.65. The highest BCUT2D eigenvalue weighted by Crippen LogP contribution is 2.41. The van der Waals surface area contributed by atoms with Gasteiger partial charge in [-0.1, -0.05) is 48.5 Å². The van der Waals surface area contributed by atoms with E-state index in [-0.39, 0.29) is 29.9 Å². The number of alkyl halides is 3. The number of carbonyl (C=O) groups excluding carboxylic acids is 2. The van der Waals surface area contributed by atoms with Crippen molar-refractivity contribution in [2.45, 2.75) is 38.3 Å². The summed E-state index contributed by atoms with van der Waals surface area (Å²) in [6.45, 7) is 1.63. The summed E-state index contributed by atoms with van der Waals surface area (Å²) in [5.41, 5.74) is 0.431. The molecule has 2 aromatic carbocycles. The molecule has 1 amide bonds. The molecule has 0 unspecified atom stereocenters. The number of amides is 1. The molecule has 158 valence electrons. The number of halogens is 3. The first-order chi connectivity index (χ1) is 14.3. The molecule has 0 radical (unpaired) electrons. The number of carbonyl (C=O) groups is 2. The molecule has 1 atom stereocenters. The van der Waals surface area contributed by atoms with E-state index in [4.69, 9.17) is 4.74 Å². The van der Waals surface area contributed by atoms with E-state index in [9.17, 15) is 22.8 Å². The van der Waals surface area contributed by atoms with Crippen LogP contribution in [0.5, 0.6) is 0 Å². The fourth-order valence-electron chi connectivity index (χ4n) is 3.66. The SMILES string of the molecule is CC1=C(C(=O)OCCCc2ccccc2)[C@@H](c2ccccc2C(F)(F)F)CC(=O)N1. The van der Waals surface area contributed by atoms with Crippen LogP contribution in [0.2, 0.25) is 0 Å². The van der Waals surface area contributed by atoms with Crippen molar-refractivity contribution in [2.24, 2.45) is 0 Å². The maximum atomic E-state index is 13.5. The van der Waals surface area contributed by atoms with Gasteiger partial charge in [-0.3, -0.25) is 4.79 Å². The molecule has 7 heteroatoms. The van der Waals surface area contributed by atoms with Gasteiger partial charge in [0.15, 0.2) is 0 Å². The molecule has 0 saturated carbocycles. The summed E-state index contributed by atoms with van der Waals surface area (Å²) < 4.78 is 45.9. The second kappa shape index (κ2) is 9.15. The Balaban J connectivity index is 1.78. The molecule has 4 nitrogen and oxygen atoms in total. The smallest absolute Gasteiger partial charge is 0.416 e. The van der Waals surface area contributed by atoms with Crippen LogP contribution in [-0.4, -0.2) is 18.5 Å². The fraction of sp³-hybridized carbons (Fsp3) is 0.304. The maximum Gasteiger partial charge on any atom is 0.416 e. The van der Waals surface area contributed by atoms with Crippen molar-refractivity contribution >= 4 is 11.9 Å². The van der Waals surface area contributed by atoms with Crippen LogP contribution in [0.4, 0.5) is 13.2 Å². The van der Waals surface area contributed by atoms with Gasteiger partial charge in [0.05, 0.1) is 17.7 Å². The number of benzene rings is 2. The number of rotatable bonds is 6. The molecule has 1 aliphatic rings. The Labute approximate surface area is 172 Å². The Bertz CT molecular complexity index is 952. The van der Waals surface area contributed by atoms with Crippen molar-refractivity contribution in [2.75, 3.05) is 6.61 Å². The zero-order valence-corrected chi connectivity index (χ0v) is 16.5. The van der Waals surface area contributed by atoms with Crippen LogP contribution in [0.1, 0.15) is 42.4 Å². The molecule has 1 aliphatic heterocycles. The van der Waals surface area contributed by atoms with Crippen molar-refractivity contribution in [3.05, 3.63) is 82.6 Å². The minimum Gasteiger partial charge on any atom is -0.462 e. The second-order valence-corrected chi connectivity index (χ2v) is 7.15. The van der Waals surface area contributed by atoms with Crippen LogP contribution in [-0.2, 0) is 26.9 Å². The molecule has 0 aliphatic carbocycles. The lowest BCUT2D eigenvalue weighted by Crippen LogP contribution is -2.35. The van der Waals surface area contributed by atoms with E-state index < -0.39 is 29.5 Å². The standard InChI is InChI=1S/C23H22F3NO3/c1-15-21(22(29)30-13-7-10-16-8-3-2-4-9-16)18(14-20(28)27-15)17-11-5-6-12-19(17)23(24,25)26/h2-6,8-9,11-12,18H,7,10,13-14H2,1H3,(H,27,28)/t18-/m1/s1. The summed E-state index contributed by atoms with van der Waals surface area (Å²) >= 11 is 0. The van der Waals surface area contributed by atoms with Gasteiger partial charge < -0.3 is 10.1 Å². The van der Waals surface area contributed by atoms with Crippen molar-refractivity contribution < 1.29 is 27.5 Å². The Morgan fingerprint density at radius 1 is 1.10 bits per heavy atom. The lowest BCUT2D eigenvalue weighted by Gasteiger charge is -2.28. The minimum atomic E-state index is -4.59. The molecule has 0 fully saturated rings. The highest BCUT2D eigenvalue weighted by Gasteiger charge is 2.39. The number of nitrogens with one attached hydrogen (secondary N) is 1. The van der Waals surface area contributed by atoms with Gasteiger partial charge in [-0.05, 0) is 37.0 Å². The van der Waals surface area contributed by atoms with E-state index in [1.165, 1.54) is 25.1 Å². The number of hydrogen-bond donors (Lipinski definition) is 1. The molecule has 0 bridgehead atoms. The summed E-state index contributed by atoms with van der Waals surface area (Å²) in [5.74, 6) is -2.16. The number of aryl methyl sites for hydroxylation is 1. The highest BCUT2D eigenvalue weighted by molar-refractivity contribution is 5.96. The topological polar surface area (TPSA) is 55.4 Å². The van der Waals surface area contributed by atoms with Gasteiger partial charge in [-0.2, -0.15) is 13.2 Å². The summed E-state index contributed by atoms with van der Waals surface area (Å²) in [5, 5.41) is 2.54. The molecule has 2 aromatic rings. The number of ether oxygens (including phenoxy) is 1. The van der Waals surface area contributed by atoms with Gasteiger partial charge in [0.1, 0.15) is 0 Å². The Morgan fingerprint density at radius 3 is 2.47 bits per heavy atom. The Kier molecular flexibility index (Phi) is 6.59.